The van der Waals surface area contributed by atoms with Crippen LogP contribution in [-0.4, -0.2) is 12.2 Å². The molecule has 18 heavy (non-hydrogen) atoms. The molecule has 2 aromatic rings. The number of hydrogen-bond acceptors (Lipinski definition) is 2. The van der Waals surface area contributed by atoms with Crippen LogP contribution in [0.2, 0.25) is 0 Å². The van der Waals surface area contributed by atoms with Gasteiger partial charge in [0.25, 0.3) is 0 Å². The van der Waals surface area contributed by atoms with E-state index in [1.54, 1.807) is 7.11 Å². The van der Waals surface area contributed by atoms with E-state index in [0.717, 1.165) is 28.0 Å². The average Bonchev–Trinajstić information content (AvgIpc) is 2.40. The summed E-state index contributed by atoms with van der Waals surface area (Å²) >= 11 is 0. The number of aliphatic hydroxyl groups is 1. The molecule has 0 spiro atoms. The first-order valence-electron chi connectivity index (χ1n) is 6.01. The third-order valence-electron chi connectivity index (χ3n) is 3.20. The van der Waals surface area contributed by atoms with E-state index in [9.17, 15) is 5.11 Å². The number of ether oxygens (including phenoxy) is 1. The van der Waals surface area contributed by atoms with Gasteiger partial charge in [0, 0.05) is 0 Å². The van der Waals surface area contributed by atoms with Gasteiger partial charge in [-0.1, -0.05) is 24.3 Å². The fourth-order valence-corrected chi connectivity index (χ4v) is 2.07. The number of aliphatic hydroxyl groups excluding tert-OH is 1. The Hall–Kier alpha value is -1.80. The minimum Gasteiger partial charge on any atom is -0.496 e. The molecule has 0 radical (unpaired) electrons. The van der Waals surface area contributed by atoms with Gasteiger partial charge in [-0.15, -0.1) is 0 Å². The zero-order valence-corrected chi connectivity index (χ0v) is 11.0. The standard InChI is InChI=1S/C16H18O2/c1-11-4-6-13(10-17)8-15(11)14-7-5-12(2)16(9-14)18-3/h4-9,17H,10H2,1-3H3. The van der Waals surface area contributed by atoms with E-state index in [0.29, 0.717) is 0 Å². The Labute approximate surface area is 108 Å². The summed E-state index contributed by atoms with van der Waals surface area (Å²) < 4.78 is 5.35. The second-order valence-corrected chi connectivity index (χ2v) is 4.49. The maximum absolute atomic E-state index is 9.22. The van der Waals surface area contributed by atoms with E-state index in [-0.39, 0.29) is 6.61 Å². The molecule has 94 valence electrons. The SMILES string of the molecule is COc1cc(-c2cc(CO)ccc2C)ccc1C. The third-order valence-corrected chi connectivity index (χ3v) is 3.20. The van der Waals surface area contributed by atoms with E-state index < -0.39 is 0 Å². The highest BCUT2D eigenvalue weighted by atomic mass is 16.5. The van der Waals surface area contributed by atoms with Crippen LogP contribution in [0, 0.1) is 13.8 Å². The fraction of sp³-hybridized carbons (Fsp3) is 0.250. The van der Waals surface area contributed by atoms with Gasteiger partial charge in [-0.05, 0) is 53.8 Å². The molecule has 0 saturated heterocycles. The Kier molecular flexibility index (Phi) is 3.68. The molecule has 0 aromatic heterocycles. The van der Waals surface area contributed by atoms with Gasteiger partial charge in [0.1, 0.15) is 5.75 Å². The van der Waals surface area contributed by atoms with Crippen molar-refractivity contribution in [3.8, 4) is 16.9 Å². The van der Waals surface area contributed by atoms with Crippen molar-refractivity contribution in [3.05, 3.63) is 53.1 Å². The van der Waals surface area contributed by atoms with E-state index in [1.807, 2.05) is 31.2 Å². The van der Waals surface area contributed by atoms with Crippen molar-refractivity contribution in [2.75, 3.05) is 7.11 Å². The Bertz CT molecular complexity index is 559. The number of aryl methyl sites for hydroxylation is 2. The van der Waals surface area contributed by atoms with E-state index in [2.05, 4.69) is 19.1 Å². The smallest absolute Gasteiger partial charge is 0.122 e. The monoisotopic (exact) mass is 242 g/mol. The van der Waals surface area contributed by atoms with E-state index in [1.165, 1.54) is 5.56 Å². The molecule has 0 saturated carbocycles. The van der Waals surface area contributed by atoms with Crippen molar-refractivity contribution in [3.63, 3.8) is 0 Å². The molecule has 0 amide bonds. The quantitative estimate of drug-likeness (QED) is 0.893. The molecule has 0 atom stereocenters. The molecule has 0 fully saturated rings. The van der Waals surface area contributed by atoms with E-state index >= 15 is 0 Å². The Morgan fingerprint density at radius 2 is 1.72 bits per heavy atom. The van der Waals surface area contributed by atoms with Gasteiger partial charge in [-0.25, -0.2) is 0 Å². The molecule has 0 aliphatic heterocycles. The van der Waals surface area contributed by atoms with Crippen molar-refractivity contribution in [2.45, 2.75) is 20.5 Å². The summed E-state index contributed by atoms with van der Waals surface area (Å²) in [5.74, 6) is 0.890. The molecule has 0 aliphatic rings. The average molecular weight is 242 g/mol. The zero-order chi connectivity index (χ0) is 13.1. The number of benzene rings is 2. The highest BCUT2D eigenvalue weighted by Gasteiger charge is 2.06. The molecule has 2 heteroatoms. The topological polar surface area (TPSA) is 29.5 Å². The lowest BCUT2D eigenvalue weighted by atomic mass is 9.97. The van der Waals surface area contributed by atoms with Gasteiger partial charge < -0.3 is 9.84 Å². The van der Waals surface area contributed by atoms with Crippen molar-refractivity contribution in [1.82, 2.24) is 0 Å². The van der Waals surface area contributed by atoms with Gasteiger partial charge in [-0.2, -0.15) is 0 Å². The predicted octanol–water partition coefficient (Wildman–Crippen LogP) is 3.47. The molecule has 1 N–H and O–H groups in total. The first-order chi connectivity index (χ1) is 8.65. The minimum atomic E-state index is 0.0658. The molecular weight excluding hydrogens is 224 g/mol. The van der Waals surface area contributed by atoms with Gasteiger partial charge in [0.15, 0.2) is 0 Å². The van der Waals surface area contributed by atoms with Crippen LogP contribution in [0.15, 0.2) is 36.4 Å². The molecular formula is C16H18O2. The summed E-state index contributed by atoms with van der Waals surface area (Å²) in [5.41, 5.74) is 5.50. The predicted molar refractivity (Wildman–Crippen MR) is 73.8 cm³/mol. The van der Waals surface area contributed by atoms with Gasteiger partial charge in [-0.3, -0.25) is 0 Å². The fourth-order valence-electron chi connectivity index (χ4n) is 2.07. The van der Waals surface area contributed by atoms with Crippen LogP contribution in [0.3, 0.4) is 0 Å². The molecule has 2 nitrogen and oxygen atoms in total. The summed E-state index contributed by atoms with van der Waals surface area (Å²) in [5, 5.41) is 9.22. The van der Waals surface area contributed by atoms with Crippen LogP contribution in [0.25, 0.3) is 11.1 Å². The van der Waals surface area contributed by atoms with Crippen LogP contribution >= 0.6 is 0 Å². The second kappa shape index (κ2) is 5.23. The molecule has 2 rings (SSSR count). The van der Waals surface area contributed by atoms with Gasteiger partial charge in [0.2, 0.25) is 0 Å². The van der Waals surface area contributed by atoms with Crippen LogP contribution < -0.4 is 4.74 Å². The minimum absolute atomic E-state index is 0.0658. The van der Waals surface area contributed by atoms with Crippen LogP contribution in [-0.2, 0) is 6.61 Å². The van der Waals surface area contributed by atoms with Crippen molar-refractivity contribution >= 4 is 0 Å². The highest BCUT2D eigenvalue weighted by Crippen LogP contribution is 2.29. The van der Waals surface area contributed by atoms with Crippen molar-refractivity contribution < 1.29 is 9.84 Å². The maximum Gasteiger partial charge on any atom is 0.122 e. The number of methoxy groups -OCH3 is 1. The Morgan fingerprint density at radius 1 is 1.00 bits per heavy atom. The summed E-state index contributed by atoms with van der Waals surface area (Å²) in [7, 11) is 1.68. The van der Waals surface area contributed by atoms with Crippen LogP contribution in [0.4, 0.5) is 0 Å². The molecule has 2 aromatic carbocycles. The Morgan fingerprint density at radius 3 is 2.39 bits per heavy atom. The van der Waals surface area contributed by atoms with Crippen LogP contribution in [0.5, 0.6) is 5.75 Å². The first-order valence-corrected chi connectivity index (χ1v) is 6.01. The molecule has 0 heterocycles. The zero-order valence-electron chi connectivity index (χ0n) is 11.0. The lowest BCUT2D eigenvalue weighted by Crippen LogP contribution is -1.91. The number of hydrogen-bond donors (Lipinski definition) is 1. The lowest BCUT2D eigenvalue weighted by molar-refractivity contribution is 0.282. The summed E-state index contributed by atoms with van der Waals surface area (Å²) in [6.45, 7) is 4.17. The summed E-state index contributed by atoms with van der Waals surface area (Å²) in [6, 6.07) is 12.2. The first kappa shape index (κ1) is 12.7. The Balaban J connectivity index is 2.54. The van der Waals surface area contributed by atoms with Crippen molar-refractivity contribution in [2.24, 2.45) is 0 Å². The second-order valence-electron chi connectivity index (χ2n) is 4.49. The third kappa shape index (κ3) is 2.39. The molecule has 0 aliphatic carbocycles. The van der Waals surface area contributed by atoms with Gasteiger partial charge >= 0.3 is 0 Å². The lowest BCUT2D eigenvalue weighted by Gasteiger charge is -2.11. The summed E-state index contributed by atoms with van der Waals surface area (Å²) in [6.07, 6.45) is 0. The summed E-state index contributed by atoms with van der Waals surface area (Å²) in [4.78, 5) is 0. The molecule has 0 bridgehead atoms. The normalized spacial score (nSPS) is 10.4. The maximum atomic E-state index is 9.22. The van der Waals surface area contributed by atoms with Crippen LogP contribution in [0.1, 0.15) is 16.7 Å². The highest BCUT2D eigenvalue weighted by molar-refractivity contribution is 5.70. The largest absolute Gasteiger partial charge is 0.496 e. The van der Waals surface area contributed by atoms with Gasteiger partial charge in [0.05, 0.1) is 13.7 Å². The number of rotatable bonds is 3. The molecule has 0 unspecified atom stereocenters. The van der Waals surface area contributed by atoms with Crippen molar-refractivity contribution in [1.29, 1.82) is 0 Å². The van der Waals surface area contributed by atoms with E-state index in [4.69, 9.17) is 4.74 Å².